The second-order valence-electron chi connectivity index (χ2n) is 5.52. The van der Waals surface area contributed by atoms with Gasteiger partial charge in [-0.05, 0) is 55.0 Å². The molecule has 0 saturated carbocycles. The van der Waals surface area contributed by atoms with Crippen LogP contribution < -0.4 is 11.1 Å². The van der Waals surface area contributed by atoms with Crippen molar-refractivity contribution in [1.82, 2.24) is 0 Å². The highest BCUT2D eigenvalue weighted by Gasteiger charge is 2.16. The molecule has 0 bridgehead atoms. The van der Waals surface area contributed by atoms with Gasteiger partial charge in [-0.3, -0.25) is 9.59 Å². The second-order valence-corrected chi connectivity index (χ2v) is 5.92. The molecule has 6 nitrogen and oxygen atoms in total. The molecule has 0 heterocycles. The molecule has 0 unspecified atom stereocenters. The van der Waals surface area contributed by atoms with Gasteiger partial charge in [0.25, 0.3) is 5.91 Å². The van der Waals surface area contributed by atoms with Crippen LogP contribution in [0.15, 0.2) is 48.5 Å². The van der Waals surface area contributed by atoms with Gasteiger partial charge < -0.3 is 15.8 Å². The SMILES string of the molecule is C[C@@H](OC(=O)/C=C/c1ccc(F)c(Cl)c1)C(=O)Nc1ccc(C(N)=O)cc1. The number of halogens is 2. The summed E-state index contributed by atoms with van der Waals surface area (Å²) in [7, 11) is 0. The second kappa shape index (κ2) is 8.95. The topological polar surface area (TPSA) is 98.5 Å². The maximum atomic E-state index is 13.1. The van der Waals surface area contributed by atoms with E-state index in [-0.39, 0.29) is 5.02 Å². The molecule has 140 valence electrons. The minimum Gasteiger partial charge on any atom is -0.449 e. The fourth-order valence-corrected chi connectivity index (χ4v) is 2.20. The van der Waals surface area contributed by atoms with Crippen LogP contribution in [0.5, 0.6) is 0 Å². The molecule has 0 radical (unpaired) electrons. The number of hydrogen-bond donors (Lipinski definition) is 2. The van der Waals surface area contributed by atoms with E-state index in [1.165, 1.54) is 55.5 Å². The lowest BCUT2D eigenvalue weighted by molar-refractivity contribution is -0.148. The Morgan fingerprint density at radius 1 is 1.19 bits per heavy atom. The molecule has 0 spiro atoms. The van der Waals surface area contributed by atoms with E-state index in [9.17, 15) is 18.8 Å². The third kappa shape index (κ3) is 5.93. The monoisotopic (exact) mass is 390 g/mol. The predicted octanol–water partition coefficient (Wildman–Crippen LogP) is 3.16. The van der Waals surface area contributed by atoms with Crippen molar-refractivity contribution in [3.05, 3.63) is 70.5 Å². The number of primary amides is 1. The molecule has 8 heteroatoms. The van der Waals surface area contributed by atoms with E-state index >= 15 is 0 Å². The Morgan fingerprint density at radius 2 is 1.85 bits per heavy atom. The number of benzene rings is 2. The van der Waals surface area contributed by atoms with Crippen LogP contribution in [0.1, 0.15) is 22.8 Å². The molecule has 0 saturated heterocycles. The van der Waals surface area contributed by atoms with Crippen molar-refractivity contribution in [1.29, 1.82) is 0 Å². The summed E-state index contributed by atoms with van der Waals surface area (Å²) >= 11 is 5.66. The minimum atomic E-state index is -1.06. The summed E-state index contributed by atoms with van der Waals surface area (Å²) in [5.74, 6) is -2.44. The molecular formula is C19H16ClFN2O4. The van der Waals surface area contributed by atoms with Crippen LogP contribution in [0.4, 0.5) is 10.1 Å². The number of hydrogen-bond acceptors (Lipinski definition) is 4. The first-order valence-electron chi connectivity index (χ1n) is 7.80. The standard InChI is InChI=1S/C19H16ClFN2O4/c1-11(19(26)23-14-6-4-13(5-7-14)18(22)25)27-17(24)9-3-12-2-8-16(21)15(20)10-12/h2-11H,1H3,(H2,22,25)(H,23,26)/b9-3+/t11-/m1/s1. The van der Waals surface area contributed by atoms with Gasteiger partial charge in [0.15, 0.2) is 6.10 Å². The van der Waals surface area contributed by atoms with E-state index in [4.69, 9.17) is 22.1 Å². The summed E-state index contributed by atoms with van der Waals surface area (Å²) in [5, 5.41) is 2.48. The Bertz CT molecular complexity index is 897. The minimum absolute atomic E-state index is 0.0689. The van der Waals surface area contributed by atoms with Crippen LogP contribution in [-0.4, -0.2) is 23.9 Å². The summed E-state index contributed by atoms with van der Waals surface area (Å²) in [4.78, 5) is 34.9. The molecule has 0 aliphatic carbocycles. The van der Waals surface area contributed by atoms with E-state index in [0.29, 0.717) is 16.8 Å². The zero-order valence-electron chi connectivity index (χ0n) is 14.2. The van der Waals surface area contributed by atoms with Crippen molar-refractivity contribution < 1.29 is 23.5 Å². The van der Waals surface area contributed by atoms with Gasteiger partial charge in [0.2, 0.25) is 5.91 Å². The number of esters is 1. The summed E-state index contributed by atoms with van der Waals surface area (Å²) < 4.78 is 18.1. The van der Waals surface area contributed by atoms with Crippen LogP contribution in [0.2, 0.25) is 5.02 Å². The molecule has 0 aromatic heterocycles. The zero-order chi connectivity index (χ0) is 20.0. The largest absolute Gasteiger partial charge is 0.449 e. The van der Waals surface area contributed by atoms with E-state index in [0.717, 1.165) is 6.08 Å². The Balaban J connectivity index is 1.90. The van der Waals surface area contributed by atoms with E-state index < -0.39 is 29.7 Å². The van der Waals surface area contributed by atoms with Crippen molar-refractivity contribution in [2.75, 3.05) is 5.32 Å². The highest BCUT2D eigenvalue weighted by Crippen LogP contribution is 2.17. The number of nitrogens with one attached hydrogen (secondary N) is 1. The maximum Gasteiger partial charge on any atom is 0.331 e. The molecule has 2 aromatic rings. The number of amides is 2. The molecule has 0 aliphatic heterocycles. The highest BCUT2D eigenvalue weighted by atomic mass is 35.5. The third-order valence-corrected chi connectivity index (χ3v) is 3.74. The summed E-state index contributed by atoms with van der Waals surface area (Å²) in [5.41, 5.74) is 6.37. The van der Waals surface area contributed by atoms with Gasteiger partial charge in [-0.15, -0.1) is 0 Å². The van der Waals surface area contributed by atoms with Gasteiger partial charge in [-0.1, -0.05) is 17.7 Å². The molecule has 3 N–H and O–H groups in total. The molecule has 2 rings (SSSR count). The number of ether oxygens (including phenoxy) is 1. The van der Waals surface area contributed by atoms with E-state index in [1.54, 1.807) is 0 Å². The van der Waals surface area contributed by atoms with Crippen LogP contribution in [0.25, 0.3) is 6.08 Å². The average Bonchev–Trinajstić information content (AvgIpc) is 2.63. The summed E-state index contributed by atoms with van der Waals surface area (Å²) in [6, 6.07) is 9.90. The lowest BCUT2D eigenvalue weighted by atomic mass is 10.2. The van der Waals surface area contributed by atoms with Crippen LogP contribution in [0, 0.1) is 5.82 Å². The van der Waals surface area contributed by atoms with Gasteiger partial charge in [-0.2, -0.15) is 0 Å². The first kappa shape index (κ1) is 20.1. The normalized spacial score (nSPS) is 11.8. The van der Waals surface area contributed by atoms with Crippen molar-refractivity contribution in [2.24, 2.45) is 5.73 Å². The number of carbonyl (C=O) groups excluding carboxylic acids is 3. The first-order valence-corrected chi connectivity index (χ1v) is 8.18. The van der Waals surface area contributed by atoms with Crippen LogP contribution in [0.3, 0.4) is 0 Å². The molecule has 2 amide bonds. The molecule has 2 aromatic carbocycles. The smallest absolute Gasteiger partial charge is 0.331 e. The lowest BCUT2D eigenvalue weighted by Gasteiger charge is -2.12. The summed E-state index contributed by atoms with van der Waals surface area (Å²) in [6.07, 6.45) is 1.44. The van der Waals surface area contributed by atoms with Gasteiger partial charge >= 0.3 is 5.97 Å². The number of anilines is 1. The van der Waals surface area contributed by atoms with Gasteiger partial charge in [-0.25, -0.2) is 9.18 Å². The summed E-state index contributed by atoms with van der Waals surface area (Å²) in [6.45, 7) is 1.41. The third-order valence-electron chi connectivity index (χ3n) is 3.45. The van der Waals surface area contributed by atoms with E-state index in [1.807, 2.05) is 0 Å². The number of carbonyl (C=O) groups is 3. The zero-order valence-corrected chi connectivity index (χ0v) is 15.0. The lowest BCUT2D eigenvalue weighted by Crippen LogP contribution is -2.29. The van der Waals surface area contributed by atoms with Gasteiger partial charge in [0.1, 0.15) is 5.82 Å². The van der Waals surface area contributed by atoms with E-state index in [2.05, 4.69) is 5.32 Å². The maximum absolute atomic E-state index is 13.1. The number of rotatable bonds is 6. The van der Waals surface area contributed by atoms with Gasteiger partial charge in [0, 0.05) is 17.3 Å². The van der Waals surface area contributed by atoms with Crippen molar-refractivity contribution in [2.45, 2.75) is 13.0 Å². The highest BCUT2D eigenvalue weighted by molar-refractivity contribution is 6.30. The molecule has 27 heavy (non-hydrogen) atoms. The van der Waals surface area contributed by atoms with Crippen molar-refractivity contribution >= 4 is 41.1 Å². The molecular weight excluding hydrogens is 375 g/mol. The number of nitrogens with two attached hydrogens (primary N) is 1. The fourth-order valence-electron chi connectivity index (χ4n) is 2.01. The molecule has 1 atom stereocenters. The quantitative estimate of drug-likeness (QED) is 0.584. The predicted molar refractivity (Wildman–Crippen MR) is 99.6 cm³/mol. The molecule has 0 fully saturated rings. The Hall–Kier alpha value is -3.19. The van der Waals surface area contributed by atoms with Crippen LogP contribution in [-0.2, 0) is 14.3 Å². The molecule has 0 aliphatic rings. The fraction of sp³-hybridized carbons (Fsp3) is 0.105. The Labute approximate surface area is 159 Å². The van der Waals surface area contributed by atoms with Crippen LogP contribution >= 0.6 is 11.6 Å². The first-order chi connectivity index (χ1) is 12.8. The Morgan fingerprint density at radius 3 is 2.44 bits per heavy atom. The Kier molecular flexibility index (Phi) is 6.67. The van der Waals surface area contributed by atoms with Crippen molar-refractivity contribution in [3.8, 4) is 0 Å². The average molecular weight is 391 g/mol. The van der Waals surface area contributed by atoms with Crippen molar-refractivity contribution in [3.63, 3.8) is 0 Å². The van der Waals surface area contributed by atoms with Gasteiger partial charge in [0.05, 0.1) is 5.02 Å².